The number of hydrogen-bond acceptors (Lipinski definition) is 1. The van der Waals surface area contributed by atoms with Gasteiger partial charge in [-0.2, -0.15) is 0 Å². The Morgan fingerprint density at radius 3 is 2.50 bits per heavy atom. The summed E-state index contributed by atoms with van der Waals surface area (Å²) < 4.78 is 11.7. The van der Waals surface area contributed by atoms with Gasteiger partial charge in [0, 0.05) is 12.0 Å². The minimum Gasteiger partial charge on any atom is -0.294 e. The van der Waals surface area contributed by atoms with E-state index in [0.717, 1.165) is 0 Å². The minimum atomic E-state index is -0.418. The van der Waals surface area contributed by atoms with E-state index in [1.165, 1.54) is 0 Å². The number of ketones is 1. The summed E-state index contributed by atoms with van der Waals surface area (Å²) in [5, 5.41) is 0. The van der Waals surface area contributed by atoms with Crippen molar-refractivity contribution in [2.45, 2.75) is 12.8 Å². The molecule has 0 heterocycles. The molecule has 0 radical (unpaired) electrons. The van der Waals surface area contributed by atoms with Crippen LogP contribution in [0.2, 0.25) is 0 Å². The third kappa shape index (κ3) is 2.46. The highest BCUT2D eigenvalue weighted by Crippen LogP contribution is 2.04. The average molecular weight is 165 g/mol. The Kier molecular flexibility index (Phi) is 3.45. The maximum atomic E-state index is 11.7. The molecule has 0 saturated heterocycles. The molecule has 0 unspecified atom stereocenters. The molecular formula is C10H11FO. The molecule has 1 aromatic rings. The lowest BCUT2D eigenvalue weighted by atomic mass is 10.1. The van der Waals surface area contributed by atoms with E-state index in [4.69, 9.17) is 0 Å². The Labute approximate surface area is 71.2 Å². The van der Waals surface area contributed by atoms with Crippen LogP contribution in [0.4, 0.5) is 4.39 Å². The van der Waals surface area contributed by atoms with E-state index in [2.05, 4.69) is 0 Å². The third-order valence-electron chi connectivity index (χ3n) is 1.63. The van der Waals surface area contributed by atoms with E-state index in [-0.39, 0.29) is 5.78 Å². The summed E-state index contributed by atoms with van der Waals surface area (Å²) in [5.74, 6) is 0.0215. The van der Waals surface area contributed by atoms with Crippen molar-refractivity contribution in [2.75, 3.05) is 6.67 Å². The first kappa shape index (κ1) is 8.91. The lowest BCUT2D eigenvalue weighted by Crippen LogP contribution is -1.98. The fraction of sp³-hybridized carbons (Fsp3) is 0.300. The van der Waals surface area contributed by atoms with Crippen LogP contribution < -0.4 is 0 Å². The highest BCUT2D eigenvalue weighted by Gasteiger charge is 2.02. The average Bonchev–Trinajstić information content (AvgIpc) is 2.15. The minimum absolute atomic E-state index is 0.0215. The first-order valence-electron chi connectivity index (χ1n) is 3.99. The maximum Gasteiger partial charge on any atom is 0.162 e. The molecule has 1 aromatic carbocycles. The second-order valence-electron chi connectivity index (χ2n) is 2.58. The van der Waals surface area contributed by atoms with Gasteiger partial charge in [-0.1, -0.05) is 30.3 Å². The van der Waals surface area contributed by atoms with Gasteiger partial charge in [-0.25, -0.2) is 0 Å². The normalized spacial score (nSPS) is 9.75. The van der Waals surface area contributed by atoms with Crippen LogP contribution in [-0.2, 0) is 0 Å². The number of alkyl halides is 1. The zero-order valence-corrected chi connectivity index (χ0v) is 6.79. The van der Waals surface area contributed by atoms with Crippen LogP contribution in [0.15, 0.2) is 30.3 Å². The Morgan fingerprint density at radius 1 is 1.25 bits per heavy atom. The molecule has 0 aliphatic carbocycles. The van der Waals surface area contributed by atoms with Gasteiger partial charge >= 0.3 is 0 Å². The van der Waals surface area contributed by atoms with Crippen molar-refractivity contribution in [1.29, 1.82) is 0 Å². The van der Waals surface area contributed by atoms with Crippen molar-refractivity contribution in [1.82, 2.24) is 0 Å². The lowest BCUT2D eigenvalue weighted by molar-refractivity contribution is 0.0977. The molecule has 1 nitrogen and oxygen atoms in total. The monoisotopic (exact) mass is 165 g/mol. The summed E-state index contributed by atoms with van der Waals surface area (Å²) >= 11 is 0. The predicted molar refractivity (Wildman–Crippen MR) is 46.0 cm³/mol. The van der Waals surface area contributed by atoms with Gasteiger partial charge in [0.2, 0.25) is 0 Å². The van der Waals surface area contributed by atoms with Gasteiger partial charge in [-0.15, -0.1) is 0 Å². The molecule has 64 valence electrons. The molecule has 0 atom stereocenters. The molecule has 2 heteroatoms. The predicted octanol–water partition coefficient (Wildman–Crippen LogP) is 2.62. The smallest absolute Gasteiger partial charge is 0.162 e. The van der Waals surface area contributed by atoms with Gasteiger partial charge < -0.3 is 0 Å². The van der Waals surface area contributed by atoms with Gasteiger partial charge in [0.05, 0.1) is 6.67 Å². The van der Waals surface area contributed by atoms with Crippen molar-refractivity contribution in [2.24, 2.45) is 0 Å². The number of Topliss-reactive ketones (excluding diaryl/α,β-unsaturated/α-hetero) is 1. The molecule has 0 bridgehead atoms. The number of hydrogen-bond donors (Lipinski definition) is 0. The molecule has 0 aliphatic rings. The Morgan fingerprint density at radius 2 is 1.92 bits per heavy atom. The number of carbonyl (C=O) groups excluding carboxylic acids is 1. The summed E-state index contributed by atoms with van der Waals surface area (Å²) in [6, 6.07) is 8.97. The first-order valence-corrected chi connectivity index (χ1v) is 3.99. The summed E-state index contributed by atoms with van der Waals surface area (Å²) in [5.41, 5.74) is 0.672. The van der Waals surface area contributed by atoms with E-state index in [0.29, 0.717) is 18.4 Å². The Hall–Kier alpha value is -1.18. The van der Waals surface area contributed by atoms with Crippen LogP contribution in [0.1, 0.15) is 23.2 Å². The van der Waals surface area contributed by atoms with Crippen molar-refractivity contribution >= 4 is 5.78 Å². The molecule has 0 saturated carbocycles. The SMILES string of the molecule is O=C(CCC[18F])c1ccccc1. The zero-order chi connectivity index (χ0) is 8.81. The van der Waals surface area contributed by atoms with Crippen molar-refractivity contribution < 1.29 is 9.18 Å². The molecule has 0 fully saturated rings. The summed E-state index contributed by atoms with van der Waals surface area (Å²) in [4.78, 5) is 11.2. The van der Waals surface area contributed by atoms with Gasteiger partial charge in [-0.3, -0.25) is 9.18 Å². The van der Waals surface area contributed by atoms with Crippen LogP contribution in [0.3, 0.4) is 0 Å². The van der Waals surface area contributed by atoms with E-state index < -0.39 is 6.67 Å². The largest absolute Gasteiger partial charge is 0.294 e. The highest BCUT2D eigenvalue weighted by molar-refractivity contribution is 5.95. The fourth-order valence-electron chi connectivity index (χ4n) is 0.996. The van der Waals surface area contributed by atoms with Gasteiger partial charge in [0.25, 0.3) is 0 Å². The molecular weight excluding hydrogens is 154 g/mol. The number of benzene rings is 1. The van der Waals surface area contributed by atoms with Crippen molar-refractivity contribution in [3.8, 4) is 0 Å². The number of rotatable bonds is 4. The van der Waals surface area contributed by atoms with E-state index in [1.54, 1.807) is 12.1 Å². The number of carbonyl (C=O) groups is 1. The maximum absolute atomic E-state index is 11.7. The second kappa shape index (κ2) is 4.65. The summed E-state index contributed by atoms with van der Waals surface area (Å²) in [6.07, 6.45) is 0.633. The molecule has 0 spiro atoms. The lowest BCUT2D eigenvalue weighted by Gasteiger charge is -1.97. The molecule has 12 heavy (non-hydrogen) atoms. The standard InChI is InChI=1S/C10H11FO/c11-8-4-7-10(12)9-5-2-1-3-6-9/h1-3,5-6H,4,7-8H2/i11-1. The summed E-state index contributed by atoms with van der Waals surface area (Å²) in [7, 11) is 0. The highest BCUT2D eigenvalue weighted by atomic mass is 18.2. The second-order valence-corrected chi connectivity index (χ2v) is 2.58. The topological polar surface area (TPSA) is 17.1 Å². The van der Waals surface area contributed by atoms with E-state index >= 15 is 0 Å². The molecule has 1 rings (SSSR count). The zero-order valence-electron chi connectivity index (χ0n) is 6.79. The Balaban J connectivity index is 2.54. The molecule has 0 aliphatic heterocycles. The first-order chi connectivity index (χ1) is 5.84. The van der Waals surface area contributed by atoms with Crippen molar-refractivity contribution in [3.63, 3.8) is 0 Å². The van der Waals surface area contributed by atoms with Crippen LogP contribution in [-0.4, -0.2) is 12.5 Å². The fourth-order valence-corrected chi connectivity index (χ4v) is 0.996. The molecule has 0 N–H and O–H groups in total. The van der Waals surface area contributed by atoms with Crippen LogP contribution >= 0.6 is 0 Å². The van der Waals surface area contributed by atoms with Gasteiger partial charge in [0.1, 0.15) is 0 Å². The molecule has 0 aromatic heterocycles. The van der Waals surface area contributed by atoms with Crippen LogP contribution in [0.25, 0.3) is 0 Å². The Bertz CT molecular complexity index is 243. The van der Waals surface area contributed by atoms with Crippen molar-refractivity contribution in [3.05, 3.63) is 35.9 Å². The summed E-state index contributed by atoms with van der Waals surface area (Å²) in [6.45, 7) is -0.418. The van der Waals surface area contributed by atoms with Crippen LogP contribution in [0, 0.1) is 0 Å². The molecule has 0 amide bonds. The van der Waals surface area contributed by atoms with E-state index in [9.17, 15) is 9.18 Å². The number of halogens is 1. The third-order valence-corrected chi connectivity index (χ3v) is 1.63. The quantitative estimate of drug-likeness (QED) is 0.627. The van der Waals surface area contributed by atoms with Crippen LogP contribution in [0.5, 0.6) is 0 Å². The van der Waals surface area contributed by atoms with Gasteiger partial charge in [-0.05, 0) is 6.42 Å². The van der Waals surface area contributed by atoms with Gasteiger partial charge in [0.15, 0.2) is 5.78 Å². The van der Waals surface area contributed by atoms with E-state index in [1.807, 2.05) is 18.2 Å².